The molecule has 10 aromatic rings. The van der Waals surface area contributed by atoms with E-state index in [4.69, 9.17) is 15.0 Å². The first-order valence-electron chi connectivity index (χ1n) is 15.5. The van der Waals surface area contributed by atoms with Gasteiger partial charge in [0.1, 0.15) is 0 Å². The second kappa shape index (κ2) is 9.70. The van der Waals surface area contributed by atoms with E-state index in [9.17, 15) is 4.79 Å². The lowest BCUT2D eigenvalue weighted by Gasteiger charge is -2.16. The molecule has 0 unspecified atom stereocenters. The van der Waals surface area contributed by atoms with Gasteiger partial charge >= 0.3 is 0 Å². The molecule has 0 N–H and O–H groups in total. The second-order valence-electron chi connectivity index (χ2n) is 11.7. The molecule has 4 heterocycles. The Morgan fingerprint density at radius 3 is 1.87 bits per heavy atom. The van der Waals surface area contributed by atoms with Gasteiger partial charge in [-0.25, -0.2) is 19.4 Å². The van der Waals surface area contributed by atoms with Gasteiger partial charge in [0, 0.05) is 27.4 Å². The van der Waals surface area contributed by atoms with Crippen LogP contribution in [0.3, 0.4) is 0 Å². The minimum Gasteiger partial charge on any atom is -0.277 e. The number of aromatic nitrogens is 6. The SMILES string of the molecule is O=c1c2ccc3c4ccccc4n(-c4nc(-c5ccccc5)c5ccccc5n4)c3c2n(-c2ccccc2)c2nc3ccccc3n12. The van der Waals surface area contributed by atoms with Gasteiger partial charge in [0.05, 0.1) is 44.2 Å². The van der Waals surface area contributed by atoms with Gasteiger partial charge in [-0.2, -0.15) is 0 Å². The summed E-state index contributed by atoms with van der Waals surface area (Å²) in [7, 11) is 0. The number of nitrogens with zero attached hydrogens (tertiary/aromatic N) is 6. The highest BCUT2D eigenvalue weighted by Crippen LogP contribution is 2.38. The van der Waals surface area contributed by atoms with Crippen molar-refractivity contribution in [2.45, 2.75) is 0 Å². The zero-order valence-corrected chi connectivity index (χ0v) is 24.9. The van der Waals surface area contributed by atoms with Gasteiger partial charge in [-0.15, -0.1) is 0 Å². The molecule has 0 spiro atoms. The van der Waals surface area contributed by atoms with Crippen LogP contribution in [0.2, 0.25) is 0 Å². The molecule has 0 atom stereocenters. The average molecular weight is 605 g/mol. The van der Waals surface area contributed by atoms with Crippen molar-refractivity contribution in [2.24, 2.45) is 0 Å². The zero-order valence-electron chi connectivity index (χ0n) is 24.9. The fourth-order valence-corrected chi connectivity index (χ4v) is 7.03. The summed E-state index contributed by atoms with van der Waals surface area (Å²) in [5.41, 5.74) is 7.52. The molecular weight excluding hydrogens is 580 g/mol. The van der Waals surface area contributed by atoms with Crippen LogP contribution in [0.4, 0.5) is 0 Å². The maximum Gasteiger partial charge on any atom is 0.267 e. The Bertz CT molecular complexity index is 2920. The number of fused-ring (bicyclic) bond motifs is 9. The van der Waals surface area contributed by atoms with Crippen LogP contribution in [0.25, 0.3) is 83.3 Å². The lowest BCUT2D eigenvalue weighted by atomic mass is 10.1. The van der Waals surface area contributed by atoms with E-state index in [0.29, 0.717) is 17.1 Å². The molecule has 10 rings (SSSR count). The third-order valence-corrected chi connectivity index (χ3v) is 9.06. The summed E-state index contributed by atoms with van der Waals surface area (Å²) in [6.45, 7) is 0. The van der Waals surface area contributed by atoms with Crippen LogP contribution < -0.4 is 5.56 Å². The molecule has 220 valence electrons. The van der Waals surface area contributed by atoms with E-state index in [2.05, 4.69) is 57.7 Å². The van der Waals surface area contributed by atoms with Gasteiger partial charge in [-0.1, -0.05) is 103 Å². The lowest BCUT2D eigenvalue weighted by molar-refractivity contribution is 0.996. The van der Waals surface area contributed by atoms with E-state index in [1.54, 1.807) is 4.40 Å². The average Bonchev–Trinajstić information content (AvgIpc) is 3.69. The fraction of sp³-hybridized carbons (Fsp3) is 0. The molecule has 7 nitrogen and oxygen atoms in total. The smallest absolute Gasteiger partial charge is 0.267 e. The molecule has 0 aliphatic carbocycles. The van der Waals surface area contributed by atoms with Gasteiger partial charge in [0.2, 0.25) is 11.7 Å². The van der Waals surface area contributed by atoms with Crippen molar-refractivity contribution in [3.8, 4) is 22.9 Å². The Balaban J connectivity index is 1.46. The number of hydrogen-bond acceptors (Lipinski definition) is 4. The van der Waals surface area contributed by atoms with E-state index >= 15 is 0 Å². The quantitative estimate of drug-likeness (QED) is 0.203. The third kappa shape index (κ3) is 3.62. The van der Waals surface area contributed by atoms with Crippen LogP contribution in [0.5, 0.6) is 0 Å². The monoisotopic (exact) mass is 604 g/mol. The predicted octanol–water partition coefficient (Wildman–Crippen LogP) is 8.50. The second-order valence-corrected chi connectivity index (χ2v) is 11.7. The zero-order chi connectivity index (χ0) is 31.1. The molecule has 0 aliphatic rings. The van der Waals surface area contributed by atoms with Crippen molar-refractivity contribution in [1.29, 1.82) is 0 Å². The van der Waals surface area contributed by atoms with Gasteiger partial charge in [-0.05, 0) is 42.5 Å². The summed E-state index contributed by atoms with van der Waals surface area (Å²) in [6.07, 6.45) is 0. The van der Waals surface area contributed by atoms with E-state index < -0.39 is 0 Å². The van der Waals surface area contributed by atoms with Crippen LogP contribution in [0.1, 0.15) is 0 Å². The Morgan fingerprint density at radius 1 is 0.447 bits per heavy atom. The van der Waals surface area contributed by atoms with Gasteiger partial charge in [-0.3, -0.25) is 13.9 Å². The molecule has 0 aliphatic heterocycles. The highest BCUT2D eigenvalue weighted by Gasteiger charge is 2.24. The molecule has 4 aromatic heterocycles. The van der Waals surface area contributed by atoms with Gasteiger partial charge < -0.3 is 0 Å². The first-order chi connectivity index (χ1) is 23.3. The molecule has 0 saturated carbocycles. The standard InChI is InChI=1S/C40H24N6O/c47-38-30-24-23-28-27-17-8-11-21-33(27)45(39-41-31-19-9-7-18-29(31)35(43-39)25-13-3-1-4-14-25)36(28)37(30)44(26-15-5-2-6-16-26)40-42-32-20-10-12-22-34(32)46(38)40/h1-24H. The number of rotatable bonds is 3. The summed E-state index contributed by atoms with van der Waals surface area (Å²) in [5.74, 6) is 1.07. The van der Waals surface area contributed by atoms with Gasteiger partial charge in [0.25, 0.3) is 5.56 Å². The highest BCUT2D eigenvalue weighted by molar-refractivity contribution is 6.18. The Morgan fingerprint density at radius 2 is 1.06 bits per heavy atom. The van der Waals surface area contributed by atoms with Crippen LogP contribution >= 0.6 is 0 Å². The summed E-state index contributed by atoms with van der Waals surface area (Å²) in [4.78, 5) is 30.0. The normalized spacial score (nSPS) is 11.9. The van der Waals surface area contributed by atoms with E-state index in [1.807, 2.05) is 97.1 Å². The van der Waals surface area contributed by atoms with Crippen molar-refractivity contribution in [2.75, 3.05) is 0 Å². The minimum absolute atomic E-state index is 0.126. The predicted molar refractivity (Wildman–Crippen MR) is 189 cm³/mol. The summed E-state index contributed by atoms with van der Waals surface area (Å²) in [5, 5.41) is 3.59. The molecule has 0 amide bonds. The molecule has 0 fully saturated rings. The maximum atomic E-state index is 14.5. The summed E-state index contributed by atoms with van der Waals surface area (Å²) >= 11 is 0. The Hall–Kier alpha value is -6.60. The van der Waals surface area contributed by atoms with Gasteiger partial charge in [0.15, 0.2) is 0 Å². The number of benzene rings is 6. The van der Waals surface area contributed by atoms with Crippen LogP contribution in [-0.2, 0) is 0 Å². The summed E-state index contributed by atoms with van der Waals surface area (Å²) < 4.78 is 5.95. The van der Waals surface area contributed by atoms with E-state index in [0.717, 1.165) is 66.2 Å². The summed E-state index contributed by atoms with van der Waals surface area (Å²) in [6, 6.07) is 48.5. The molecule has 7 heteroatoms. The first-order valence-corrected chi connectivity index (χ1v) is 15.5. The maximum absolute atomic E-state index is 14.5. The fourth-order valence-electron chi connectivity index (χ4n) is 7.03. The molecule has 0 saturated heterocycles. The van der Waals surface area contributed by atoms with Crippen molar-refractivity contribution >= 4 is 60.4 Å². The number of para-hydroxylation sites is 5. The number of imidazole rings is 1. The van der Waals surface area contributed by atoms with Crippen LogP contribution in [0, 0.1) is 0 Å². The van der Waals surface area contributed by atoms with E-state index in [1.165, 1.54) is 0 Å². The molecule has 6 aromatic carbocycles. The Labute approximate surface area is 267 Å². The highest BCUT2D eigenvalue weighted by atomic mass is 16.1. The van der Waals surface area contributed by atoms with Crippen molar-refractivity contribution in [3.63, 3.8) is 0 Å². The largest absolute Gasteiger partial charge is 0.277 e. The van der Waals surface area contributed by atoms with Crippen LogP contribution in [0.15, 0.2) is 150 Å². The Kier molecular flexibility index (Phi) is 5.30. The lowest BCUT2D eigenvalue weighted by Crippen LogP contribution is -2.19. The van der Waals surface area contributed by atoms with Crippen LogP contribution in [-0.4, -0.2) is 28.5 Å². The molecular formula is C40H24N6O. The van der Waals surface area contributed by atoms with Crippen molar-refractivity contribution in [3.05, 3.63) is 156 Å². The third-order valence-electron chi connectivity index (χ3n) is 9.06. The van der Waals surface area contributed by atoms with E-state index in [-0.39, 0.29) is 5.56 Å². The van der Waals surface area contributed by atoms with Crippen molar-refractivity contribution in [1.82, 2.24) is 28.5 Å². The molecule has 0 bridgehead atoms. The number of hydrogen-bond donors (Lipinski definition) is 0. The van der Waals surface area contributed by atoms with Crippen molar-refractivity contribution < 1.29 is 0 Å². The first kappa shape index (κ1) is 25.7. The molecule has 0 radical (unpaired) electrons. The minimum atomic E-state index is -0.126. The topological polar surface area (TPSA) is 70.0 Å². The molecule has 47 heavy (non-hydrogen) atoms.